The lowest BCUT2D eigenvalue weighted by atomic mass is 10.2. The average Bonchev–Trinajstić information content (AvgIpc) is 2.96. The lowest BCUT2D eigenvalue weighted by Crippen LogP contribution is -2.39. The fourth-order valence-corrected chi connectivity index (χ4v) is 2.06. The van der Waals surface area contributed by atoms with E-state index in [2.05, 4.69) is 43.3 Å². The molecule has 0 spiro atoms. The Morgan fingerprint density at radius 1 is 1.20 bits per heavy atom. The minimum Gasteiger partial charge on any atom is -0.315 e. The van der Waals surface area contributed by atoms with E-state index in [1.165, 1.54) is 38.9 Å². The summed E-state index contributed by atoms with van der Waals surface area (Å²) in [6, 6.07) is 0.717. The highest BCUT2D eigenvalue weighted by atomic mass is 15.1. The molecule has 0 aromatic rings. The van der Waals surface area contributed by atoms with Crippen molar-refractivity contribution in [2.24, 2.45) is 5.92 Å². The van der Waals surface area contributed by atoms with Gasteiger partial charge < -0.3 is 15.1 Å². The van der Waals surface area contributed by atoms with Crippen LogP contribution in [0.4, 0.5) is 0 Å². The Labute approximate surface area is 94.8 Å². The third kappa shape index (κ3) is 5.50. The molecule has 0 bridgehead atoms. The average molecular weight is 213 g/mol. The molecule has 3 nitrogen and oxygen atoms in total. The molecule has 0 radical (unpaired) electrons. The van der Waals surface area contributed by atoms with Gasteiger partial charge in [0.15, 0.2) is 0 Å². The first-order valence-electron chi connectivity index (χ1n) is 6.14. The summed E-state index contributed by atoms with van der Waals surface area (Å²) in [5.74, 6) is 0.950. The lowest BCUT2D eigenvalue weighted by Gasteiger charge is -2.24. The number of hydrogen-bond acceptors (Lipinski definition) is 3. The molecule has 0 amide bonds. The summed E-state index contributed by atoms with van der Waals surface area (Å²) in [4.78, 5) is 4.72. The highest BCUT2D eigenvalue weighted by Gasteiger charge is 2.30. The molecule has 0 heterocycles. The van der Waals surface area contributed by atoms with Crippen molar-refractivity contribution in [2.75, 3.05) is 47.8 Å². The van der Waals surface area contributed by atoms with Gasteiger partial charge in [0, 0.05) is 12.6 Å². The molecular weight excluding hydrogens is 186 g/mol. The van der Waals surface area contributed by atoms with Gasteiger partial charge in [0.2, 0.25) is 0 Å². The predicted molar refractivity (Wildman–Crippen MR) is 66.2 cm³/mol. The Morgan fingerprint density at radius 2 is 1.87 bits per heavy atom. The quantitative estimate of drug-likeness (QED) is 0.645. The van der Waals surface area contributed by atoms with Crippen molar-refractivity contribution in [3.8, 4) is 0 Å². The standard InChI is InChI=1S/C12H27N3/c1-13-12(11-6-7-11)10-15(4)9-5-8-14(2)3/h11-13H,5-10H2,1-4H3. The van der Waals surface area contributed by atoms with Crippen LogP contribution < -0.4 is 5.32 Å². The monoisotopic (exact) mass is 213 g/mol. The number of nitrogens with zero attached hydrogens (tertiary/aromatic N) is 2. The van der Waals surface area contributed by atoms with Crippen molar-refractivity contribution >= 4 is 0 Å². The molecule has 1 saturated carbocycles. The SMILES string of the molecule is CNC(CN(C)CCCN(C)C)C1CC1. The number of nitrogens with one attached hydrogen (secondary N) is 1. The van der Waals surface area contributed by atoms with Gasteiger partial charge in [-0.05, 0) is 66.5 Å². The molecule has 15 heavy (non-hydrogen) atoms. The van der Waals surface area contributed by atoms with E-state index in [0.717, 1.165) is 5.92 Å². The second kappa shape index (κ2) is 6.46. The van der Waals surface area contributed by atoms with Crippen LogP contribution in [0.5, 0.6) is 0 Å². The molecule has 1 atom stereocenters. The van der Waals surface area contributed by atoms with Gasteiger partial charge in [-0.3, -0.25) is 0 Å². The van der Waals surface area contributed by atoms with E-state index in [1.54, 1.807) is 0 Å². The summed E-state index contributed by atoms with van der Waals surface area (Å²) in [6.45, 7) is 3.61. The molecular formula is C12H27N3. The molecule has 0 aliphatic heterocycles. The molecule has 1 aliphatic carbocycles. The van der Waals surface area contributed by atoms with Crippen LogP contribution in [0.1, 0.15) is 19.3 Å². The van der Waals surface area contributed by atoms with Gasteiger partial charge in [-0.15, -0.1) is 0 Å². The second-order valence-corrected chi connectivity index (χ2v) is 5.15. The second-order valence-electron chi connectivity index (χ2n) is 5.15. The maximum absolute atomic E-state index is 3.44. The van der Waals surface area contributed by atoms with Gasteiger partial charge >= 0.3 is 0 Å². The molecule has 1 unspecified atom stereocenters. The van der Waals surface area contributed by atoms with E-state index in [1.807, 2.05) is 0 Å². The maximum atomic E-state index is 3.44. The van der Waals surface area contributed by atoms with Gasteiger partial charge in [-0.2, -0.15) is 0 Å². The molecule has 3 heteroatoms. The first kappa shape index (κ1) is 12.9. The van der Waals surface area contributed by atoms with Crippen LogP contribution in [-0.4, -0.2) is 63.7 Å². The first-order chi connectivity index (χ1) is 7.13. The molecule has 1 fully saturated rings. The number of rotatable bonds is 8. The van der Waals surface area contributed by atoms with Crippen molar-refractivity contribution in [1.29, 1.82) is 0 Å². The van der Waals surface area contributed by atoms with Gasteiger partial charge in [0.25, 0.3) is 0 Å². The van der Waals surface area contributed by atoms with Crippen molar-refractivity contribution in [3.05, 3.63) is 0 Å². The van der Waals surface area contributed by atoms with Crippen LogP contribution >= 0.6 is 0 Å². The Bertz CT molecular complexity index is 166. The fourth-order valence-electron chi connectivity index (χ4n) is 2.06. The normalized spacial score (nSPS) is 18.8. The Morgan fingerprint density at radius 3 is 2.33 bits per heavy atom. The maximum Gasteiger partial charge on any atom is 0.0220 e. The third-order valence-electron chi connectivity index (χ3n) is 3.22. The topological polar surface area (TPSA) is 18.5 Å². The molecule has 1 rings (SSSR count). The summed E-state index contributed by atoms with van der Waals surface area (Å²) in [5, 5.41) is 3.44. The van der Waals surface area contributed by atoms with Crippen molar-refractivity contribution < 1.29 is 0 Å². The highest BCUT2D eigenvalue weighted by Crippen LogP contribution is 2.32. The zero-order valence-electron chi connectivity index (χ0n) is 10.8. The Kier molecular flexibility index (Phi) is 5.58. The van der Waals surface area contributed by atoms with Crippen molar-refractivity contribution in [3.63, 3.8) is 0 Å². The van der Waals surface area contributed by atoms with Crippen LogP contribution in [0.2, 0.25) is 0 Å². The largest absolute Gasteiger partial charge is 0.315 e. The van der Waals surface area contributed by atoms with E-state index in [-0.39, 0.29) is 0 Å². The first-order valence-corrected chi connectivity index (χ1v) is 6.14. The molecule has 1 N–H and O–H groups in total. The minimum atomic E-state index is 0.717. The Hall–Kier alpha value is -0.120. The zero-order chi connectivity index (χ0) is 11.3. The number of likely N-dealkylation sites (N-methyl/N-ethyl adjacent to an activating group) is 2. The lowest BCUT2D eigenvalue weighted by molar-refractivity contribution is 0.263. The van der Waals surface area contributed by atoms with E-state index < -0.39 is 0 Å². The summed E-state index contributed by atoms with van der Waals surface area (Å²) in [6.07, 6.45) is 4.12. The fraction of sp³-hybridized carbons (Fsp3) is 1.00. The van der Waals surface area contributed by atoms with Gasteiger partial charge in [0.05, 0.1) is 0 Å². The van der Waals surface area contributed by atoms with E-state index in [0.29, 0.717) is 6.04 Å². The highest BCUT2D eigenvalue weighted by molar-refractivity contribution is 4.87. The zero-order valence-corrected chi connectivity index (χ0v) is 10.8. The van der Waals surface area contributed by atoms with Crippen molar-refractivity contribution in [2.45, 2.75) is 25.3 Å². The molecule has 0 aromatic carbocycles. The summed E-state index contributed by atoms with van der Waals surface area (Å²) in [7, 11) is 8.61. The van der Waals surface area contributed by atoms with E-state index >= 15 is 0 Å². The smallest absolute Gasteiger partial charge is 0.0220 e. The minimum absolute atomic E-state index is 0.717. The summed E-state index contributed by atoms with van der Waals surface area (Å²) >= 11 is 0. The molecule has 0 aromatic heterocycles. The molecule has 1 aliphatic rings. The van der Waals surface area contributed by atoms with Crippen LogP contribution in [0.15, 0.2) is 0 Å². The van der Waals surface area contributed by atoms with Crippen LogP contribution in [0.3, 0.4) is 0 Å². The predicted octanol–water partition coefficient (Wildman–Crippen LogP) is 0.868. The Balaban J connectivity index is 2.08. The number of hydrogen-bond donors (Lipinski definition) is 1. The van der Waals surface area contributed by atoms with Crippen LogP contribution in [-0.2, 0) is 0 Å². The van der Waals surface area contributed by atoms with Crippen molar-refractivity contribution in [1.82, 2.24) is 15.1 Å². The van der Waals surface area contributed by atoms with Gasteiger partial charge in [-0.1, -0.05) is 0 Å². The van der Waals surface area contributed by atoms with Gasteiger partial charge in [0.1, 0.15) is 0 Å². The molecule has 0 saturated heterocycles. The summed E-state index contributed by atoms with van der Waals surface area (Å²) in [5.41, 5.74) is 0. The van der Waals surface area contributed by atoms with E-state index in [4.69, 9.17) is 0 Å². The third-order valence-corrected chi connectivity index (χ3v) is 3.22. The summed E-state index contributed by atoms with van der Waals surface area (Å²) < 4.78 is 0. The molecule has 90 valence electrons. The van der Waals surface area contributed by atoms with Crippen LogP contribution in [0.25, 0.3) is 0 Å². The van der Waals surface area contributed by atoms with Crippen LogP contribution in [0, 0.1) is 5.92 Å². The van der Waals surface area contributed by atoms with Gasteiger partial charge in [-0.25, -0.2) is 0 Å². The van der Waals surface area contributed by atoms with E-state index in [9.17, 15) is 0 Å².